The van der Waals surface area contributed by atoms with Crippen molar-refractivity contribution in [3.05, 3.63) is 34.3 Å². The number of nitrogens with zero attached hydrogens (tertiary/aromatic N) is 1. The highest BCUT2D eigenvalue weighted by atomic mass is 32.2. The molecule has 0 fully saturated rings. The molecule has 2 rings (SSSR count). The normalized spacial score (nSPS) is 11.2. The first-order chi connectivity index (χ1) is 13.2. The van der Waals surface area contributed by atoms with Crippen molar-refractivity contribution in [1.29, 1.82) is 0 Å². The second kappa shape index (κ2) is 9.37. The molecule has 0 aliphatic rings. The summed E-state index contributed by atoms with van der Waals surface area (Å²) >= 11 is 2.32. The van der Waals surface area contributed by atoms with Gasteiger partial charge in [0.15, 0.2) is 5.69 Å². The molecule has 0 bridgehead atoms. The van der Waals surface area contributed by atoms with Crippen molar-refractivity contribution in [2.75, 3.05) is 25.3 Å². The lowest BCUT2D eigenvalue weighted by atomic mass is 10.2. The zero-order valence-electron chi connectivity index (χ0n) is 15.3. The molecule has 28 heavy (non-hydrogen) atoms. The minimum atomic E-state index is -4.08. The summed E-state index contributed by atoms with van der Waals surface area (Å²) in [4.78, 5) is 28.5. The number of sulfonamides is 1. The van der Waals surface area contributed by atoms with Crippen molar-refractivity contribution in [3.8, 4) is 0 Å². The highest BCUT2D eigenvalue weighted by Crippen LogP contribution is 2.26. The zero-order chi connectivity index (χ0) is 20.9. The molecule has 0 aromatic carbocycles. The quantitative estimate of drug-likeness (QED) is 0.528. The van der Waals surface area contributed by atoms with Gasteiger partial charge in [-0.05, 0) is 36.9 Å². The van der Waals surface area contributed by atoms with E-state index in [1.54, 1.807) is 20.3 Å². The van der Waals surface area contributed by atoms with Crippen molar-refractivity contribution in [3.63, 3.8) is 0 Å². The number of aromatic carboxylic acids is 1. The lowest BCUT2D eigenvalue weighted by molar-refractivity contribution is 0.0690. The number of carboxylic acid groups (broad SMARTS) is 1. The summed E-state index contributed by atoms with van der Waals surface area (Å²) in [5.41, 5.74) is 0.532. The number of carboxylic acids is 1. The molecular formula is C16H19N3O6S3. The predicted molar refractivity (Wildman–Crippen MR) is 107 cm³/mol. The fraction of sp³-hybridized carbons (Fsp3) is 0.312. The van der Waals surface area contributed by atoms with Gasteiger partial charge in [-0.15, -0.1) is 23.1 Å². The third-order valence-corrected chi connectivity index (χ3v) is 7.33. The van der Waals surface area contributed by atoms with Gasteiger partial charge in [-0.25, -0.2) is 27.7 Å². The number of ether oxygens (including phenoxy) is 1. The van der Waals surface area contributed by atoms with E-state index in [-0.39, 0.29) is 15.7 Å². The van der Waals surface area contributed by atoms with Gasteiger partial charge in [0.1, 0.15) is 10.0 Å². The van der Waals surface area contributed by atoms with Crippen LogP contribution in [0.5, 0.6) is 0 Å². The van der Waals surface area contributed by atoms with E-state index in [1.165, 1.54) is 30.0 Å². The van der Waals surface area contributed by atoms with E-state index in [1.807, 2.05) is 4.72 Å². The third kappa shape index (κ3) is 5.67. The number of pyridine rings is 1. The minimum Gasteiger partial charge on any atom is -0.477 e. The van der Waals surface area contributed by atoms with Gasteiger partial charge in [0.05, 0.1) is 6.61 Å². The van der Waals surface area contributed by atoms with Gasteiger partial charge in [0, 0.05) is 23.3 Å². The number of rotatable bonds is 8. The summed E-state index contributed by atoms with van der Waals surface area (Å²) in [6.07, 6.45) is 2.30. The average Bonchev–Trinajstić information content (AvgIpc) is 3.00. The highest BCUT2D eigenvalue weighted by molar-refractivity contribution is 7.98. The summed E-state index contributed by atoms with van der Waals surface area (Å²) < 4.78 is 31.8. The molecule has 0 spiro atoms. The van der Waals surface area contributed by atoms with Crippen LogP contribution >= 0.6 is 23.1 Å². The molecule has 0 aliphatic heterocycles. The lowest BCUT2D eigenvalue weighted by Gasteiger charge is -2.08. The zero-order valence-corrected chi connectivity index (χ0v) is 17.8. The number of aryl methyl sites for hydroxylation is 1. The van der Waals surface area contributed by atoms with Crippen molar-refractivity contribution < 1.29 is 27.9 Å². The van der Waals surface area contributed by atoms with E-state index in [9.17, 15) is 18.0 Å². The Morgan fingerprint density at radius 3 is 2.64 bits per heavy atom. The molecule has 0 radical (unpaired) electrons. The van der Waals surface area contributed by atoms with Crippen LogP contribution in [0.1, 0.15) is 20.9 Å². The smallest absolute Gasteiger partial charge is 0.354 e. The monoisotopic (exact) mass is 445 g/mol. The van der Waals surface area contributed by atoms with Gasteiger partial charge in [-0.2, -0.15) is 0 Å². The first-order valence-electron chi connectivity index (χ1n) is 7.87. The van der Waals surface area contributed by atoms with Gasteiger partial charge in [-0.1, -0.05) is 0 Å². The van der Waals surface area contributed by atoms with Gasteiger partial charge in [0.25, 0.3) is 10.0 Å². The molecule has 2 amide bonds. The molecule has 0 saturated carbocycles. The summed E-state index contributed by atoms with van der Waals surface area (Å²) in [7, 11) is -2.52. The molecule has 0 saturated heterocycles. The van der Waals surface area contributed by atoms with Crippen LogP contribution in [0.2, 0.25) is 0 Å². The number of carbonyl (C=O) groups excluding carboxylic acids is 1. The van der Waals surface area contributed by atoms with Crippen molar-refractivity contribution in [2.24, 2.45) is 0 Å². The number of carbonyl (C=O) groups is 2. The molecule has 2 aromatic heterocycles. The van der Waals surface area contributed by atoms with Gasteiger partial charge >= 0.3 is 12.0 Å². The largest absolute Gasteiger partial charge is 0.477 e. The van der Waals surface area contributed by atoms with E-state index in [0.29, 0.717) is 17.9 Å². The maximum absolute atomic E-state index is 12.5. The lowest BCUT2D eigenvalue weighted by Crippen LogP contribution is -2.34. The van der Waals surface area contributed by atoms with Crippen LogP contribution < -0.4 is 10.0 Å². The standard InChI is InChI=1S/C16H19N3O6S3/c1-9-6-14(27-12(9)4-5-25-2)28(23,24)19-16(22)18-13-8-10(26-3)7-11(17-13)15(20)21/h6-8H,4-5H2,1-3H3,(H,20,21)(H2,17,18,19,22). The summed E-state index contributed by atoms with van der Waals surface area (Å²) in [5.74, 6) is -1.33. The second-order valence-corrected chi connectivity index (χ2v) is 9.48. The number of hydrogen-bond donors (Lipinski definition) is 3. The average molecular weight is 446 g/mol. The molecule has 2 aromatic rings. The van der Waals surface area contributed by atoms with Crippen LogP contribution in [0.3, 0.4) is 0 Å². The van der Waals surface area contributed by atoms with Crippen molar-refractivity contribution in [1.82, 2.24) is 9.71 Å². The number of hydrogen-bond acceptors (Lipinski definition) is 8. The first kappa shape index (κ1) is 22.1. The number of anilines is 1. The number of thioether (sulfide) groups is 1. The number of urea groups is 1. The summed E-state index contributed by atoms with van der Waals surface area (Å²) in [6, 6.07) is 3.25. The van der Waals surface area contributed by atoms with E-state index in [4.69, 9.17) is 9.84 Å². The maximum Gasteiger partial charge on any atom is 0.354 e. The molecular weight excluding hydrogens is 426 g/mol. The van der Waals surface area contributed by atoms with Gasteiger partial charge in [0.2, 0.25) is 0 Å². The van der Waals surface area contributed by atoms with Crippen molar-refractivity contribution >= 4 is 50.9 Å². The van der Waals surface area contributed by atoms with Crippen LogP contribution in [-0.4, -0.2) is 50.5 Å². The number of nitrogens with one attached hydrogen (secondary N) is 2. The Hall–Kier alpha value is -2.15. The Labute approximate surface area is 170 Å². The molecule has 12 heteroatoms. The number of thiophene rings is 1. The fourth-order valence-electron chi connectivity index (χ4n) is 2.18. The molecule has 0 unspecified atom stereocenters. The Bertz CT molecular complexity index is 988. The maximum atomic E-state index is 12.5. The molecule has 152 valence electrons. The van der Waals surface area contributed by atoms with E-state index < -0.39 is 22.0 Å². The molecule has 3 N–H and O–H groups in total. The van der Waals surface area contributed by atoms with E-state index >= 15 is 0 Å². The molecule has 9 nitrogen and oxygen atoms in total. The number of amides is 2. The Morgan fingerprint density at radius 1 is 1.32 bits per heavy atom. The highest BCUT2D eigenvalue weighted by Gasteiger charge is 2.22. The first-order valence-corrected chi connectivity index (χ1v) is 11.4. The fourth-order valence-corrected chi connectivity index (χ4v) is 5.11. The van der Waals surface area contributed by atoms with E-state index in [2.05, 4.69) is 10.3 Å². The van der Waals surface area contributed by atoms with Crippen LogP contribution in [0.25, 0.3) is 0 Å². The summed E-state index contributed by atoms with van der Waals surface area (Å²) in [6.45, 7) is 2.24. The Morgan fingerprint density at radius 2 is 2.04 bits per heavy atom. The van der Waals surface area contributed by atoms with Crippen molar-refractivity contribution in [2.45, 2.75) is 22.4 Å². The van der Waals surface area contributed by atoms with Crippen LogP contribution in [0, 0.1) is 6.92 Å². The van der Waals surface area contributed by atoms with Crippen LogP contribution in [0.15, 0.2) is 27.3 Å². The molecule has 0 atom stereocenters. The van der Waals surface area contributed by atoms with Crippen LogP contribution in [-0.2, 0) is 21.2 Å². The molecule has 2 heterocycles. The topological polar surface area (TPSA) is 135 Å². The SMILES string of the molecule is COCCc1sc(S(=O)(=O)NC(=O)Nc2cc(SC)cc(C(=O)O)n2)cc1C. The third-order valence-electron chi connectivity index (χ3n) is 3.52. The predicted octanol–water partition coefficient (Wildman–Crippen LogP) is 2.57. The minimum absolute atomic E-state index is 0.00306. The number of aromatic nitrogens is 1. The Kier molecular flexibility index (Phi) is 7.41. The summed E-state index contributed by atoms with van der Waals surface area (Å²) in [5, 5.41) is 11.3. The number of methoxy groups -OCH3 is 1. The second-order valence-electron chi connectivity index (χ2n) is 5.56. The Balaban J connectivity index is 2.16. The van der Waals surface area contributed by atoms with Gasteiger partial charge < -0.3 is 9.84 Å². The van der Waals surface area contributed by atoms with E-state index in [0.717, 1.165) is 21.8 Å². The van der Waals surface area contributed by atoms with Crippen LogP contribution in [0.4, 0.5) is 10.6 Å². The molecule has 0 aliphatic carbocycles. The van der Waals surface area contributed by atoms with Gasteiger partial charge in [-0.3, -0.25) is 5.32 Å².